The summed E-state index contributed by atoms with van der Waals surface area (Å²) in [6.45, 7) is 5.03. The zero-order valence-electron chi connectivity index (χ0n) is 9.36. The van der Waals surface area contributed by atoms with E-state index in [1.165, 1.54) is 0 Å². The lowest BCUT2D eigenvalue weighted by Gasteiger charge is -2.37. The Labute approximate surface area is 90.4 Å². The minimum atomic E-state index is 0.347. The highest BCUT2D eigenvalue weighted by Gasteiger charge is 2.30. The van der Waals surface area contributed by atoms with Crippen molar-refractivity contribution in [2.24, 2.45) is 0 Å². The summed E-state index contributed by atoms with van der Waals surface area (Å²) in [5.74, 6) is 0. The maximum atomic E-state index is 5.52. The number of rotatable bonds is 5. The van der Waals surface area contributed by atoms with Gasteiger partial charge in [-0.15, -0.1) is 0 Å². The van der Waals surface area contributed by atoms with Gasteiger partial charge in [-0.25, -0.2) is 0 Å². The molecule has 15 heavy (non-hydrogen) atoms. The van der Waals surface area contributed by atoms with E-state index in [9.17, 15) is 0 Å². The van der Waals surface area contributed by atoms with Crippen LogP contribution in [0.15, 0.2) is 12.3 Å². The van der Waals surface area contributed by atoms with E-state index >= 15 is 0 Å². The summed E-state index contributed by atoms with van der Waals surface area (Å²) in [5, 5.41) is 10.5. The molecule has 1 saturated carbocycles. The fourth-order valence-corrected chi connectivity index (χ4v) is 2.02. The monoisotopic (exact) mass is 209 g/mol. The molecule has 0 aliphatic heterocycles. The number of nitrogens with one attached hydrogen (secondary N) is 2. The Morgan fingerprint density at radius 1 is 1.67 bits per heavy atom. The van der Waals surface area contributed by atoms with E-state index in [0.29, 0.717) is 18.2 Å². The van der Waals surface area contributed by atoms with E-state index in [2.05, 4.69) is 22.4 Å². The first-order chi connectivity index (χ1) is 7.29. The van der Waals surface area contributed by atoms with Crippen molar-refractivity contribution in [3.8, 4) is 0 Å². The molecule has 1 aliphatic rings. The third-order valence-corrected chi connectivity index (χ3v) is 2.97. The summed E-state index contributed by atoms with van der Waals surface area (Å²) in [4.78, 5) is 0. The minimum absolute atomic E-state index is 0.347. The molecule has 0 saturated heterocycles. The SMILES string of the molecule is CCOC1CC(NC(C)c2ccn[nH]2)C1. The molecule has 0 amide bonds. The molecule has 0 radical (unpaired) electrons. The lowest BCUT2D eigenvalue weighted by atomic mass is 9.88. The summed E-state index contributed by atoms with van der Waals surface area (Å²) in [6.07, 6.45) is 4.53. The molecule has 1 heterocycles. The van der Waals surface area contributed by atoms with Crippen LogP contribution in [0.25, 0.3) is 0 Å². The van der Waals surface area contributed by atoms with E-state index in [1.54, 1.807) is 6.20 Å². The van der Waals surface area contributed by atoms with Gasteiger partial charge in [0.25, 0.3) is 0 Å². The maximum absolute atomic E-state index is 5.52. The largest absolute Gasteiger partial charge is 0.378 e. The third-order valence-electron chi connectivity index (χ3n) is 2.97. The van der Waals surface area contributed by atoms with E-state index in [-0.39, 0.29) is 0 Å². The van der Waals surface area contributed by atoms with Crippen LogP contribution in [0.4, 0.5) is 0 Å². The minimum Gasteiger partial charge on any atom is -0.378 e. The van der Waals surface area contributed by atoms with Crippen molar-refractivity contribution in [3.63, 3.8) is 0 Å². The highest BCUT2D eigenvalue weighted by Crippen LogP contribution is 2.25. The Balaban J connectivity index is 1.71. The highest BCUT2D eigenvalue weighted by atomic mass is 16.5. The topological polar surface area (TPSA) is 49.9 Å². The van der Waals surface area contributed by atoms with Crippen LogP contribution in [0.1, 0.15) is 38.4 Å². The average molecular weight is 209 g/mol. The Kier molecular flexibility index (Phi) is 3.38. The Morgan fingerprint density at radius 2 is 2.47 bits per heavy atom. The average Bonchev–Trinajstić information content (AvgIpc) is 2.67. The maximum Gasteiger partial charge on any atom is 0.0604 e. The third kappa shape index (κ3) is 2.58. The molecular weight excluding hydrogens is 190 g/mol. The molecule has 0 spiro atoms. The van der Waals surface area contributed by atoms with E-state index in [0.717, 1.165) is 25.1 Å². The summed E-state index contributed by atoms with van der Waals surface area (Å²) >= 11 is 0. The standard InChI is InChI=1S/C11H19N3O/c1-3-15-10-6-9(7-10)13-8(2)11-4-5-12-14-11/h4-5,8-10,13H,3,6-7H2,1-2H3,(H,12,14). The zero-order valence-corrected chi connectivity index (χ0v) is 9.36. The molecule has 84 valence electrons. The van der Waals surface area contributed by atoms with Crippen molar-refractivity contribution in [3.05, 3.63) is 18.0 Å². The predicted octanol–water partition coefficient (Wildman–Crippen LogP) is 1.63. The number of aromatic nitrogens is 2. The number of nitrogens with zero attached hydrogens (tertiary/aromatic N) is 1. The van der Waals surface area contributed by atoms with E-state index in [1.807, 2.05) is 13.0 Å². The van der Waals surface area contributed by atoms with Gasteiger partial charge in [0.1, 0.15) is 0 Å². The number of aromatic amines is 1. The molecule has 1 fully saturated rings. The van der Waals surface area contributed by atoms with Crippen LogP contribution in [-0.4, -0.2) is 29.0 Å². The van der Waals surface area contributed by atoms with Crippen LogP contribution < -0.4 is 5.32 Å². The van der Waals surface area contributed by atoms with Crippen molar-refractivity contribution < 1.29 is 4.74 Å². The summed E-state index contributed by atoms with van der Waals surface area (Å²) in [5.41, 5.74) is 1.15. The fourth-order valence-electron chi connectivity index (χ4n) is 2.02. The number of H-pyrrole nitrogens is 1. The van der Waals surface area contributed by atoms with Gasteiger partial charge < -0.3 is 10.1 Å². The van der Waals surface area contributed by atoms with Gasteiger partial charge in [-0.1, -0.05) is 0 Å². The van der Waals surface area contributed by atoms with E-state index in [4.69, 9.17) is 4.74 Å². The molecule has 2 rings (SSSR count). The van der Waals surface area contributed by atoms with E-state index < -0.39 is 0 Å². The number of hydrogen-bond donors (Lipinski definition) is 2. The molecule has 1 aliphatic carbocycles. The van der Waals surface area contributed by atoms with Crippen LogP contribution in [0, 0.1) is 0 Å². The van der Waals surface area contributed by atoms with Crippen LogP contribution in [0.5, 0.6) is 0 Å². The molecule has 1 aromatic rings. The second kappa shape index (κ2) is 4.77. The van der Waals surface area contributed by atoms with Gasteiger partial charge in [0.05, 0.1) is 11.8 Å². The van der Waals surface area contributed by atoms with Gasteiger partial charge in [-0.05, 0) is 32.8 Å². The second-order valence-electron chi connectivity index (χ2n) is 4.15. The zero-order chi connectivity index (χ0) is 10.7. The van der Waals surface area contributed by atoms with Crippen LogP contribution >= 0.6 is 0 Å². The van der Waals surface area contributed by atoms with Crippen LogP contribution in [0.2, 0.25) is 0 Å². The first-order valence-corrected chi connectivity index (χ1v) is 5.66. The second-order valence-corrected chi connectivity index (χ2v) is 4.15. The lowest BCUT2D eigenvalue weighted by Crippen LogP contribution is -2.46. The Morgan fingerprint density at radius 3 is 3.07 bits per heavy atom. The van der Waals surface area contributed by atoms with Crippen molar-refractivity contribution >= 4 is 0 Å². The molecule has 1 atom stereocenters. The summed E-state index contributed by atoms with van der Waals surface area (Å²) in [6, 6.07) is 2.95. The molecular formula is C11H19N3O. The van der Waals surface area contributed by atoms with Crippen molar-refractivity contribution in [1.82, 2.24) is 15.5 Å². The molecule has 2 N–H and O–H groups in total. The first-order valence-electron chi connectivity index (χ1n) is 5.66. The van der Waals surface area contributed by atoms with Crippen molar-refractivity contribution in [2.75, 3.05) is 6.61 Å². The summed E-state index contributed by atoms with van der Waals surface area (Å²) in [7, 11) is 0. The number of ether oxygens (including phenoxy) is 1. The lowest BCUT2D eigenvalue weighted by molar-refractivity contribution is -0.0121. The van der Waals surface area contributed by atoms with Gasteiger partial charge >= 0.3 is 0 Å². The van der Waals surface area contributed by atoms with Crippen LogP contribution in [-0.2, 0) is 4.74 Å². The molecule has 4 heteroatoms. The Bertz CT molecular complexity index is 280. The number of hydrogen-bond acceptors (Lipinski definition) is 3. The van der Waals surface area contributed by atoms with Crippen molar-refractivity contribution in [1.29, 1.82) is 0 Å². The quantitative estimate of drug-likeness (QED) is 0.775. The first kappa shape index (κ1) is 10.6. The smallest absolute Gasteiger partial charge is 0.0604 e. The summed E-state index contributed by atoms with van der Waals surface area (Å²) < 4.78 is 5.52. The van der Waals surface area contributed by atoms with Gasteiger partial charge in [-0.2, -0.15) is 5.10 Å². The fraction of sp³-hybridized carbons (Fsp3) is 0.727. The molecule has 0 bridgehead atoms. The van der Waals surface area contributed by atoms with Crippen LogP contribution in [0.3, 0.4) is 0 Å². The van der Waals surface area contributed by atoms with Gasteiger partial charge in [-0.3, -0.25) is 5.10 Å². The molecule has 1 unspecified atom stereocenters. The highest BCUT2D eigenvalue weighted by molar-refractivity contribution is 5.04. The van der Waals surface area contributed by atoms with Gasteiger partial charge in [0.2, 0.25) is 0 Å². The molecule has 1 aromatic heterocycles. The van der Waals surface area contributed by atoms with Crippen molar-refractivity contribution in [2.45, 2.75) is 44.9 Å². The molecule has 0 aromatic carbocycles. The Hall–Kier alpha value is -0.870. The van der Waals surface area contributed by atoms with Gasteiger partial charge in [0.15, 0.2) is 0 Å². The predicted molar refractivity (Wildman–Crippen MR) is 58.6 cm³/mol. The molecule has 4 nitrogen and oxygen atoms in total. The normalized spacial score (nSPS) is 27.3. The van der Waals surface area contributed by atoms with Gasteiger partial charge in [0, 0.05) is 24.9 Å².